The minimum Gasteiger partial charge on any atom is -0.616 e. The molecule has 0 amide bonds. The van der Waals surface area contributed by atoms with E-state index in [-0.39, 0.29) is 0 Å². The van der Waals surface area contributed by atoms with Crippen molar-refractivity contribution in [3.63, 3.8) is 0 Å². The molecule has 1 aliphatic rings. The molecule has 0 aromatic heterocycles. The zero-order valence-corrected chi connectivity index (χ0v) is 7.98. The van der Waals surface area contributed by atoms with E-state index in [0.29, 0.717) is 12.3 Å². The Bertz CT molecular complexity index is 195. The van der Waals surface area contributed by atoms with Crippen LogP contribution in [-0.4, -0.2) is 38.7 Å². The number of hydrogen-bond donors (Lipinski definition) is 2. The predicted octanol–water partition coefficient (Wildman–Crippen LogP) is -0.430. The van der Waals surface area contributed by atoms with Crippen molar-refractivity contribution < 1.29 is 14.5 Å². The van der Waals surface area contributed by atoms with Crippen LogP contribution in [0.15, 0.2) is 0 Å². The van der Waals surface area contributed by atoms with Gasteiger partial charge in [-0.25, -0.2) is 0 Å². The molecule has 0 aromatic carbocycles. The number of carbonyl (C=O) groups is 1. The molecule has 0 aliphatic carbocycles. The maximum absolute atomic E-state index is 11.4. The highest BCUT2D eigenvalue weighted by Gasteiger charge is 2.47. The molecule has 0 radical (unpaired) electrons. The smallest absolute Gasteiger partial charge is 0.326 e. The quantitative estimate of drug-likeness (QED) is 0.552. The SMILES string of the molecule is CC1(C)C(C(=O)O)NCC[S+]1[O-]. The van der Waals surface area contributed by atoms with Crippen molar-refractivity contribution in [2.75, 3.05) is 12.3 Å². The highest BCUT2D eigenvalue weighted by molar-refractivity contribution is 7.92. The first kappa shape index (κ1) is 9.83. The molecule has 1 heterocycles. The molecule has 4 nitrogen and oxygen atoms in total. The van der Waals surface area contributed by atoms with E-state index in [1.54, 1.807) is 13.8 Å². The van der Waals surface area contributed by atoms with Crippen LogP contribution in [-0.2, 0) is 16.0 Å². The summed E-state index contributed by atoms with van der Waals surface area (Å²) < 4.78 is 10.8. The van der Waals surface area contributed by atoms with E-state index in [0.717, 1.165) is 0 Å². The van der Waals surface area contributed by atoms with Crippen molar-refractivity contribution in [3.05, 3.63) is 0 Å². The van der Waals surface area contributed by atoms with Crippen molar-refractivity contribution in [1.29, 1.82) is 0 Å². The van der Waals surface area contributed by atoms with Crippen LogP contribution in [0.5, 0.6) is 0 Å². The van der Waals surface area contributed by atoms with E-state index < -0.39 is 27.9 Å². The molecule has 1 saturated heterocycles. The molecule has 0 saturated carbocycles. The fourth-order valence-electron chi connectivity index (χ4n) is 1.32. The van der Waals surface area contributed by atoms with Crippen LogP contribution in [0.2, 0.25) is 0 Å². The highest BCUT2D eigenvalue weighted by Crippen LogP contribution is 2.24. The third kappa shape index (κ3) is 1.57. The van der Waals surface area contributed by atoms with Crippen LogP contribution in [0.1, 0.15) is 13.8 Å². The third-order valence-electron chi connectivity index (χ3n) is 2.16. The zero-order chi connectivity index (χ0) is 9.35. The maximum Gasteiger partial charge on any atom is 0.326 e. The summed E-state index contributed by atoms with van der Waals surface area (Å²) in [4.78, 5) is 10.7. The molecule has 2 N–H and O–H groups in total. The summed E-state index contributed by atoms with van der Waals surface area (Å²) in [5.41, 5.74) is 0. The first-order valence-electron chi connectivity index (χ1n) is 3.81. The summed E-state index contributed by atoms with van der Waals surface area (Å²) >= 11 is -1.04. The maximum atomic E-state index is 11.4. The Hall–Kier alpha value is -0.260. The van der Waals surface area contributed by atoms with Crippen LogP contribution in [0.3, 0.4) is 0 Å². The number of aliphatic carboxylic acids is 1. The first-order chi connectivity index (χ1) is 5.46. The number of carboxylic acid groups (broad SMARTS) is 1. The van der Waals surface area contributed by atoms with Crippen molar-refractivity contribution in [2.24, 2.45) is 0 Å². The zero-order valence-electron chi connectivity index (χ0n) is 7.16. The second kappa shape index (κ2) is 3.24. The fraction of sp³-hybridized carbons (Fsp3) is 0.857. The van der Waals surface area contributed by atoms with E-state index in [9.17, 15) is 9.35 Å². The fourth-order valence-corrected chi connectivity index (χ4v) is 2.60. The summed E-state index contributed by atoms with van der Waals surface area (Å²) in [5.74, 6) is -0.385. The van der Waals surface area contributed by atoms with Gasteiger partial charge in [-0.15, -0.1) is 0 Å². The Labute approximate surface area is 74.5 Å². The van der Waals surface area contributed by atoms with Gasteiger partial charge >= 0.3 is 5.97 Å². The molecule has 1 fully saturated rings. The van der Waals surface area contributed by atoms with Crippen LogP contribution >= 0.6 is 0 Å². The largest absolute Gasteiger partial charge is 0.616 e. The van der Waals surface area contributed by atoms with Gasteiger partial charge < -0.3 is 9.66 Å². The van der Waals surface area contributed by atoms with Crippen molar-refractivity contribution in [3.8, 4) is 0 Å². The lowest BCUT2D eigenvalue weighted by Gasteiger charge is -2.37. The van der Waals surface area contributed by atoms with Gasteiger partial charge in [0.15, 0.2) is 6.04 Å². The molecule has 0 spiro atoms. The second-order valence-electron chi connectivity index (χ2n) is 3.38. The van der Waals surface area contributed by atoms with Gasteiger partial charge in [-0.1, -0.05) is 0 Å². The number of rotatable bonds is 1. The van der Waals surface area contributed by atoms with E-state index >= 15 is 0 Å². The molecule has 1 rings (SSSR count). The van der Waals surface area contributed by atoms with E-state index in [1.807, 2.05) is 0 Å². The van der Waals surface area contributed by atoms with Gasteiger partial charge in [0.2, 0.25) is 0 Å². The average Bonchev–Trinajstić information content (AvgIpc) is 1.94. The molecular formula is C7H13NO3S. The van der Waals surface area contributed by atoms with Gasteiger partial charge in [-0.3, -0.25) is 10.1 Å². The third-order valence-corrected chi connectivity index (χ3v) is 4.15. The first-order valence-corrected chi connectivity index (χ1v) is 5.13. The van der Waals surface area contributed by atoms with Crippen LogP contribution in [0, 0.1) is 0 Å². The number of hydrogen-bond acceptors (Lipinski definition) is 3. The van der Waals surface area contributed by atoms with E-state index in [2.05, 4.69) is 5.32 Å². The molecular weight excluding hydrogens is 178 g/mol. The number of carboxylic acids is 1. The molecule has 5 heteroatoms. The topological polar surface area (TPSA) is 72.4 Å². The lowest BCUT2D eigenvalue weighted by molar-refractivity contribution is -0.140. The van der Waals surface area contributed by atoms with E-state index in [4.69, 9.17) is 5.11 Å². The second-order valence-corrected chi connectivity index (χ2v) is 5.53. The summed E-state index contributed by atoms with van der Waals surface area (Å²) in [6.45, 7) is 3.95. The van der Waals surface area contributed by atoms with Gasteiger partial charge in [0.25, 0.3) is 0 Å². The summed E-state index contributed by atoms with van der Waals surface area (Å²) in [5, 5.41) is 11.6. The molecule has 0 bridgehead atoms. The Morgan fingerprint density at radius 2 is 2.33 bits per heavy atom. The van der Waals surface area contributed by atoms with Crippen molar-refractivity contribution in [1.82, 2.24) is 5.32 Å². The van der Waals surface area contributed by atoms with Crippen LogP contribution in [0.4, 0.5) is 0 Å². The predicted molar refractivity (Wildman–Crippen MR) is 46.5 cm³/mol. The molecule has 12 heavy (non-hydrogen) atoms. The van der Waals surface area contributed by atoms with Crippen molar-refractivity contribution >= 4 is 17.1 Å². The molecule has 2 unspecified atom stereocenters. The Kier molecular flexibility index (Phi) is 2.65. The summed E-state index contributed by atoms with van der Waals surface area (Å²) in [7, 11) is 0. The molecule has 0 aromatic rings. The summed E-state index contributed by atoms with van der Waals surface area (Å²) in [6.07, 6.45) is 0. The standard InChI is InChI=1S/C7H13NO3S/c1-7(2)5(6(9)10)8-3-4-12(7)11/h5,8H,3-4H2,1-2H3,(H,9,10). The minimum atomic E-state index is -1.04. The minimum absolute atomic E-state index is 0.521. The van der Waals surface area contributed by atoms with Gasteiger partial charge in [0.1, 0.15) is 10.5 Å². The van der Waals surface area contributed by atoms with Gasteiger partial charge in [0, 0.05) is 6.54 Å². The van der Waals surface area contributed by atoms with Gasteiger partial charge in [0.05, 0.1) is 0 Å². The van der Waals surface area contributed by atoms with Crippen LogP contribution in [0.25, 0.3) is 0 Å². The van der Waals surface area contributed by atoms with E-state index in [1.165, 1.54) is 0 Å². The van der Waals surface area contributed by atoms with Crippen molar-refractivity contribution in [2.45, 2.75) is 24.6 Å². The van der Waals surface area contributed by atoms with Gasteiger partial charge in [-0.05, 0) is 25.0 Å². The Morgan fingerprint density at radius 3 is 2.75 bits per heavy atom. The lowest BCUT2D eigenvalue weighted by atomic mass is 10.0. The average molecular weight is 191 g/mol. The highest BCUT2D eigenvalue weighted by atomic mass is 32.2. The van der Waals surface area contributed by atoms with Crippen LogP contribution < -0.4 is 5.32 Å². The Morgan fingerprint density at radius 1 is 1.75 bits per heavy atom. The lowest BCUT2D eigenvalue weighted by Crippen LogP contribution is -2.61. The normalized spacial score (nSPS) is 34.6. The number of nitrogens with one attached hydrogen (secondary N) is 1. The monoisotopic (exact) mass is 191 g/mol. The summed E-state index contributed by atoms with van der Waals surface area (Å²) in [6, 6.07) is -0.688. The Balaban J connectivity index is 2.79. The molecule has 1 aliphatic heterocycles. The molecule has 70 valence electrons. The molecule has 2 atom stereocenters. The van der Waals surface area contributed by atoms with Gasteiger partial charge in [-0.2, -0.15) is 0 Å².